The first kappa shape index (κ1) is 24.6. The lowest BCUT2D eigenvalue weighted by Crippen LogP contribution is -2.37. The Morgan fingerprint density at radius 2 is 1.74 bits per heavy atom. The first-order valence-corrected chi connectivity index (χ1v) is 11.7. The number of hydrogen-bond acceptors (Lipinski definition) is 8. The van der Waals surface area contributed by atoms with Gasteiger partial charge < -0.3 is 25.4 Å². The zero-order chi connectivity index (χ0) is 24.8. The highest BCUT2D eigenvalue weighted by Gasteiger charge is 2.19. The van der Waals surface area contributed by atoms with E-state index in [9.17, 15) is 4.79 Å². The van der Waals surface area contributed by atoms with E-state index in [1.807, 2.05) is 30.3 Å². The van der Waals surface area contributed by atoms with Crippen LogP contribution in [-0.2, 0) is 17.6 Å². The van der Waals surface area contributed by atoms with Crippen LogP contribution < -0.4 is 25.4 Å². The fourth-order valence-electron chi connectivity index (χ4n) is 4.02. The highest BCUT2D eigenvalue weighted by Crippen LogP contribution is 2.34. The molecule has 10 heteroatoms. The van der Waals surface area contributed by atoms with Crippen molar-refractivity contribution in [2.45, 2.75) is 12.8 Å². The van der Waals surface area contributed by atoms with Crippen LogP contribution in [0.4, 0.5) is 23.1 Å². The summed E-state index contributed by atoms with van der Waals surface area (Å²) in [4.78, 5) is 22.9. The Morgan fingerprint density at radius 1 is 1.03 bits per heavy atom. The van der Waals surface area contributed by atoms with Gasteiger partial charge in [-0.3, -0.25) is 9.69 Å². The van der Waals surface area contributed by atoms with Crippen LogP contribution in [0.2, 0.25) is 5.02 Å². The smallest absolute Gasteiger partial charge is 0.233 e. The van der Waals surface area contributed by atoms with Crippen molar-refractivity contribution in [3.05, 3.63) is 58.7 Å². The Balaban J connectivity index is 1.56. The second-order valence-electron chi connectivity index (χ2n) is 8.11. The summed E-state index contributed by atoms with van der Waals surface area (Å²) < 4.78 is 11.1. The molecule has 9 nitrogen and oxygen atoms in total. The van der Waals surface area contributed by atoms with Crippen LogP contribution >= 0.6 is 11.6 Å². The molecule has 0 aliphatic carbocycles. The second kappa shape index (κ2) is 11.2. The molecule has 0 unspecified atom stereocenters. The lowest BCUT2D eigenvalue weighted by molar-refractivity contribution is -0.121. The van der Waals surface area contributed by atoms with E-state index in [-0.39, 0.29) is 5.91 Å². The molecular weight excluding hydrogens is 468 g/mol. The van der Waals surface area contributed by atoms with E-state index in [2.05, 4.69) is 36.9 Å². The Kier molecular flexibility index (Phi) is 7.89. The van der Waals surface area contributed by atoms with Crippen LogP contribution in [-0.4, -0.2) is 61.7 Å². The third-order valence-electron chi connectivity index (χ3n) is 5.91. The van der Waals surface area contributed by atoms with Gasteiger partial charge >= 0.3 is 0 Å². The standard InChI is InChI=1S/C25H29ClN6O3/c1-27-23(33)15-32-10-8-16-12-20(22(35-3)13-17(16)9-11-32)30-25-28-14-18(26)24(31-25)29-19-6-4-5-7-21(19)34-2/h4-7,12-14H,8-11,15H2,1-3H3,(H,27,33)(H2,28,29,30,31). The van der Waals surface area contributed by atoms with Gasteiger partial charge in [-0.15, -0.1) is 0 Å². The van der Waals surface area contributed by atoms with Crippen LogP contribution in [0, 0.1) is 0 Å². The van der Waals surface area contributed by atoms with Gasteiger partial charge in [0.2, 0.25) is 11.9 Å². The predicted molar refractivity (Wildman–Crippen MR) is 138 cm³/mol. The number of amides is 1. The molecule has 2 heterocycles. The third kappa shape index (κ3) is 5.93. The summed E-state index contributed by atoms with van der Waals surface area (Å²) in [6.45, 7) is 2.01. The molecule has 0 atom stereocenters. The van der Waals surface area contributed by atoms with Crippen LogP contribution in [0.25, 0.3) is 0 Å². The van der Waals surface area contributed by atoms with Crippen molar-refractivity contribution >= 4 is 40.6 Å². The lowest BCUT2D eigenvalue weighted by atomic mass is 10.0. The van der Waals surface area contributed by atoms with Gasteiger partial charge in [0.25, 0.3) is 0 Å². The van der Waals surface area contributed by atoms with Crippen LogP contribution in [0.5, 0.6) is 11.5 Å². The number of benzene rings is 2. The molecule has 0 spiro atoms. The zero-order valence-electron chi connectivity index (χ0n) is 20.0. The average Bonchev–Trinajstić information content (AvgIpc) is 3.07. The second-order valence-corrected chi connectivity index (χ2v) is 8.52. The molecule has 4 rings (SSSR count). The molecule has 3 N–H and O–H groups in total. The zero-order valence-corrected chi connectivity index (χ0v) is 20.8. The summed E-state index contributed by atoms with van der Waals surface area (Å²) >= 11 is 6.36. The van der Waals surface area contributed by atoms with Gasteiger partial charge in [0, 0.05) is 20.1 Å². The SMILES string of the molecule is CNC(=O)CN1CCc2cc(Nc3ncc(Cl)c(Nc4ccccc4OC)n3)c(OC)cc2CC1. The summed E-state index contributed by atoms with van der Waals surface area (Å²) in [7, 11) is 4.91. The Labute approximate surface area is 209 Å². The highest BCUT2D eigenvalue weighted by molar-refractivity contribution is 6.32. The molecule has 0 radical (unpaired) electrons. The summed E-state index contributed by atoms with van der Waals surface area (Å²) in [5.41, 5.74) is 3.92. The molecule has 184 valence electrons. The van der Waals surface area contributed by atoms with E-state index in [4.69, 9.17) is 21.1 Å². The van der Waals surface area contributed by atoms with Crippen molar-refractivity contribution < 1.29 is 14.3 Å². The maximum absolute atomic E-state index is 11.8. The number of nitrogens with zero attached hydrogens (tertiary/aromatic N) is 3. The van der Waals surface area contributed by atoms with Crippen molar-refractivity contribution in [3.8, 4) is 11.5 Å². The number of para-hydroxylation sites is 2. The first-order chi connectivity index (χ1) is 17.0. The van der Waals surface area contributed by atoms with E-state index in [1.54, 1.807) is 27.5 Å². The molecule has 1 amide bonds. The Bertz CT molecular complexity index is 1210. The van der Waals surface area contributed by atoms with Crippen LogP contribution in [0.1, 0.15) is 11.1 Å². The van der Waals surface area contributed by atoms with Crippen molar-refractivity contribution in [3.63, 3.8) is 0 Å². The maximum Gasteiger partial charge on any atom is 0.233 e. The van der Waals surface area contributed by atoms with Gasteiger partial charge in [-0.25, -0.2) is 4.98 Å². The molecule has 0 saturated heterocycles. The minimum absolute atomic E-state index is 0.0216. The average molecular weight is 497 g/mol. The third-order valence-corrected chi connectivity index (χ3v) is 6.19. The number of nitrogens with one attached hydrogen (secondary N) is 3. The largest absolute Gasteiger partial charge is 0.495 e. The summed E-state index contributed by atoms with van der Waals surface area (Å²) in [5, 5.41) is 9.56. The fourth-order valence-corrected chi connectivity index (χ4v) is 4.16. The molecular formula is C25H29ClN6O3. The number of ether oxygens (including phenoxy) is 2. The molecule has 0 fully saturated rings. The normalized spacial score (nSPS) is 13.4. The van der Waals surface area contributed by atoms with E-state index < -0.39 is 0 Å². The summed E-state index contributed by atoms with van der Waals surface area (Å²) in [6, 6.07) is 11.6. The molecule has 35 heavy (non-hydrogen) atoms. The number of carbonyl (C=O) groups is 1. The number of methoxy groups -OCH3 is 2. The topological polar surface area (TPSA) is 101 Å². The number of carbonyl (C=O) groups excluding carboxylic acids is 1. The number of aromatic nitrogens is 2. The van der Waals surface area contributed by atoms with Gasteiger partial charge in [0.1, 0.15) is 16.5 Å². The number of anilines is 4. The van der Waals surface area contributed by atoms with E-state index in [0.29, 0.717) is 34.8 Å². The van der Waals surface area contributed by atoms with Crippen molar-refractivity contribution in [2.75, 3.05) is 51.5 Å². The molecule has 2 aromatic carbocycles. The Hall–Kier alpha value is -3.56. The van der Waals surface area contributed by atoms with Crippen molar-refractivity contribution in [1.82, 2.24) is 20.2 Å². The van der Waals surface area contributed by atoms with Crippen molar-refractivity contribution in [2.24, 2.45) is 0 Å². The predicted octanol–water partition coefficient (Wildman–Crippen LogP) is 3.78. The summed E-state index contributed by atoms with van der Waals surface area (Å²) in [5.74, 6) is 2.22. The van der Waals surface area contributed by atoms with Crippen LogP contribution in [0.15, 0.2) is 42.6 Å². The quantitative estimate of drug-likeness (QED) is 0.433. The number of likely N-dealkylation sites (N-methyl/N-ethyl adjacent to an activating group) is 1. The van der Waals surface area contributed by atoms with E-state index >= 15 is 0 Å². The first-order valence-electron chi connectivity index (χ1n) is 11.3. The number of hydrogen-bond donors (Lipinski definition) is 3. The van der Waals surface area contributed by atoms with Gasteiger partial charge in [0.05, 0.1) is 38.3 Å². The van der Waals surface area contributed by atoms with Gasteiger partial charge in [-0.05, 0) is 48.2 Å². The number of rotatable bonds is 8. The van der Waals surface area contributed by atoms with Gasteiger partial charge in [-0.2, -0.15) is 4.98 Å². The monoisotopic (exact) mass is 496 g/mol. The molecule has 1 aliphatic heterocycles. The minimum atomic E-state index is 0.0216. The maximum atomic E-state index is 11.8. The molecule has 3 aromatic rings. The number of fused-ring (bicyclic) bond motifs is 1. The van der Waals surface area contributed by atoms with Gasteiger partial charge in [-0.1, -0.05) is 23.7 Å². The summed E-state index contributed by atoms with van der Waals surface area (Å²) in [6.07, 6.45) is 3.21. The van der Waals surface area contributed by atoms with E-state index in [1.165, 1.54) is 11.1 Å². The molecule has 1 aromatic heterocycles. The van der Waals surface area contributed by atoms with E-state index in [0.717, 1.165) is 37.3 Å². The number of halogens is 1. The highest BCUT2D eigenvalue weighted by atomic mass is 35.5. The van der Waals surface area contributed by atoms with Crippen LogP contribution in [0.3, 0.4) is 0 Å². The minimum Gasteiger partial charge on any atom is -0.495 e. The molecule has 1 aliphatic rings. The molecule has 0 bridgehead atoms. The lowest BCUT2D eigenvalue weighted by Gasteiger charge is -2.18. The van der Waals surface area contributed by atoms with Gasteiger partial charge in [0.15, 0.2) is 5.82 Å². The van der Waals surface area contributed by atoms with Crippen molar-refractivity contribution in [1.29, 1.82) is 0 Å². The fraction of sp³-hybridized carbons (Fsp3) is 0.320. The molecule has 0 saturated carbocycles. The Morgan fingerprint density at radius 3 is 2.46 bits per heavy atom.